The number of carbonyl (C=O) groups excluding carboxylic acids is 1. The lowest BCUT2D eigenvalue weighted by Crippen LogP contribution is -2.14. The van der Waals surface area contributed by atoms with Gasteiger partial charge in [0.2, 0.25) is 11.7 Å². The van der Waals surface area contributed by atoms with E-state index < -0.39 is 0 Å². The number of fused-ring (bicyclic) bond motifs is 1. The summed E-state index contributed by atoms with van der Waals surface area (Å²) >= 11 is 1.33. The smallest absolute Gasteiger partial charge is 0.234 e. The van der Waals surface area contributed by atoms with E-state index >= 15 is 0 Å². The quantitative estimate of drug-likeness (QED) is 0.329. The predicted octanol–water partition coefficient (Wildman–Crippen LogP) is 5.22. The van der Waals surface area contributed by atoms with Crippen LogP contribution in [0.5, 0.6) is 0 Å². The second-order valence-electron chi connectivity index (χ2n) is 6.99. The number of aromatic nitrogens is 3. The molecule has 4 aromatic rings. The van der Waals surface area contributed by atoms with Gasteiger partial charge < -0.3 is 9.73 Å². The van der Waals surface area contributed by atoms with Gasteiger partial charge in [-0.2, -0.15) is 0 Å². The van der Waals surface area contributed by atoms with Gasteiger partial charge in [0.25, 0.3) is 0 Å². The molecule has 0 aliphatic rings. The van der Waals surface area contributed by atoms with Gasteiger partial charge in [-0.25, -0.2) is 0 Å². The topological polar surface area (TPSA) is 73.0 Å². The molecule has 0 saturated carbocycles. The van der Waals surface area contributed by atoms with Gasteiger partial charge in [0.1, 0.15) is 5.58 Å². The van der Waals surface area contributed by atoms with E-state index in [0.717, 1.165) is 22.2 Å². The van der Waals surface area contributed by atoms with Gasteiger partial charge in [-0.1, -0.05) is 42.1 Å². The van der Waals surface area contributed by atoms with Crippen molar-refractivity contribution < 1.29 is 9.21 Å². The molecule has 0 radical (unpaired) electrons. The summed E-state index contributed by atoms with van der Waals surface area (Å²) in [6.45, 7) is 8.41. The first kappa shape index (κ1) is 20.0. The molecule has 0 atom stereocenters. The number of hydrogen-bond donors (Lipinski definition) is 1. The Labute approximate surface area is 179 Å². The maximum Gasteiger partial charge on any atom is 0.234 e. The number of nitrogens with zero attached hydrogens (tertiary/aromatic N) is 3. The van der Waals surface area contributed by atoms with Crippen LogP contribution in [-0.2, 0) is 11.3 Å². The van der Waals surface area contributed by atoms with Crippen molar-refractivity contribution in [3.63, 3.8) is 0 Å². The Hall–Kier alpha value is -3.32. The summed E-state index contributed by atoms with van der Waals surface area (Å²) < 4.78 is 7.84. The van der Waals surface area contributed by atoms with Crippen LogP contribution in [-0.4, -0.2) is 26.4 Å². The molecule has 2 aromatic carbocycles. The summed E-state index contributed by atoms with van der Waals surface area (Å²) in [4.78, 5) is 12.4. The van der Waals surface area contributed by atoms with Crippen molar-refractivity contribution in [2.75, 3.05) is 11.1 Å². The molecule has 0 fully saturated rings. The molecule has 0 spiro atoms. The van der Waals surface area contributed by atoms with Crippen LogP contribution in [0.1, 0.15) is 11.1 Å². The number of nitrogens with one attached hydrogen (secondary N) is 1. The standard InChI is InChI=1S/C23H22N4O2S/c1-4-11-27-22(20-13-17-7-5-6-8-19(17)29-20)25-26-23(27)30-14-21(28)24-18-10-9-15(2)16(3)12-18/h4-10,12-13H,1,11,14H2,2-3H3,(H,24,28). The predicted molar refractivity (Wildman–Crippen MR) is 121 cm³/mol. The minimum Gasteiger partial charge on any atom is -0.453 e. The minimum absolute atomic E-state index is 0.0957. The molecular weight excluding hydrogens is 396 g/mol. The van der Waals surface area contributed by atoms with E-state index in [1.165, 1.54) is 17.3 Å². The molecule has 1 N–H and O–H groups in total. The summed E-state index contributed by atoms with van der Waals surface area (Å²) in [6.07, 6.45) is 1.77. The molecule has 0 aliphatic heterocycles. The highest BCUT2D eigenvalue weighted by molar-refractivity contribution is 7.99. The first-order valence-electron chi connectivity index (χ1n) is 9.58. The molecule has 30 heavy (non-hydrogen) atoms. The Kier molecular flexibility index (Phi) is 5.72. The third kappa shape index (κ3) is 4.16. The fraction of sp³-hybridized carbons (Fsp3) is 0.174. The first-order valence-corrected chi connectivity index (χ1v) is 10.6. The fourth-order valence-corrected chi connectivity index (χ4v) is 3.86. The van der Waals surface area contributed by atoms with Crippen molar-refractivity contribution in [3.8, 4) is 11.6 Å². The van der Waals surface area contributed by atoms with Gasteiger partial charge in [0.05, 0.1) is 5.75 Å². The van der Waals surface area contributed by atoms with Crippen molar-refractivity contribution in [3.05, 3.63) is 72.3 Å². The number of thioether (sulfide) groups is 1. The lowest BCUT2D eigenvalue weighted by atomic mass is 10.1. The van der Waals surface area contributed by atoms with E-state index in [1.807, 2.05) is 66.9 Å². The molecular formula is C23H22N4O2S. The third-order valence-electron chi connectivity index (χ3n) is 4.80. The molecule has 0 aliphatic carbocycles. The summed E-state index contributed by atoms with van der Waals surface area (Å²) in [7, 11) is 0. The fourth-order valence-electron chi connectivity index (χ4n) is 3.11. The van der Waals surface area contributed by atoms with Crippen LogP contribution in [0, 0.1) is 13.8 Å². The number of allylic oxidation sites excluding steroid dienone is 1. The van der Waals surface area contributed by atoms with Crippen molar-refractivity contribution in [1.82, 2.24) is 14.8 Å². The number of hydrogen-bond acceptors (Lipinski definition) is 5. The SMILES string of the molecule is C=CCn1c(SCC(=O)Nc2ccc(C)c(C)c2)nnc1-c1cc2ccccc2o1. The van der Waals surface area contributed by atoms with E-state index in [-0.39, 0.29) is 11.7 Å². The largest absolute Gasteiger partial charge is 0.453 e. The van der Waals surface area contributed by atoms with Gasteiger partial charge in [0, 0.05) is 17.6 Å². The van der Waals surface area contributed by atoms with E-state index in [4.69, 9.17) is 4.42 Å². The second-order valence-corrected chi connectivity index (χ2v) is 7.93. The Morgan fingerprint density at radius 2 is 2.00 bits per heavy atom. The van der Waals surface area contributed by atoms with Gasteiger partial charge in [-0.15, -0.1) is 16.8 Å². The highest BCUT2D eigenvalue weighted by atomic mass is 32.2. The molecule has 0 unspecified atom stereocenters. The number of rotatable bonds is 7. The molecule has 2 aromatic heterocycles. The molecule has 2 heterocycles. The van der Waals surface area contributed by atoms with Crippen LogP contribution in [0.15, 0.2) is 70.8 Å². The van der Waals surface area contributed by atoms with Crippen LogP contribution in [0.2, 0.25) is 0 Å². The zero-order chi connectivity index (χ0) is 21.1. The van der Waals surface area contributed by atoms with E-state index in [1.54, 1.807) is 6.08 Å². The van der Waals surface area contributed by atoms with Crippen LogP contribution in [0.3, 0.4) is 0 Å². The zero-order valence-electron chi connectivity index (χ0n) is 16.9. The highest BCUT2D eigenvalue weighted by Crippen LogP contribution is 2.29. The maximum atomic E-state index is 12.4. The summed E-state index contributed by atoms with van der Waals surface area (Å²) in [6, 6.07) is 15.6. The van der Waals surface area contributed by atoms with Crippen LogP contribution >= 0.6 is 11.8 Å². The number of aryl methyl sites for hydroxylation is 2. The van der Waals surface area contributed by atoms with E-state index in [2.05, 4.69) is 22.1 Å². The van der Waals surface area contributed by atoms with Crippen molar-refractivity contribution >= 4 is 34.3 Å². The molecule has 7 heteroatoms. The van der Waals surface area contributed by atoms with Crippen LogP contribution in [0.25, 0.3) is 22.6 Å². The third-order valence-corrected chi connectivity index (χ3v) is 5.76. The monoisotopic (exact) mass is 418 g/mol. The van der Waals surface area contributed by atoms with Gasteiger partial charge in [-0.3, -0.25) is 9.36 Å². The minimum atomic E-state index is -0.0957. The number of para-hydroxylation sites is 1. The highest BCUT2D eigenvalue weighted by Gasteiger charge is 2.18. The Morgan fingerprint density at radius 3 is 2.77 bits per heavy atom. The molecule has 0 saturated heterocycles. The molecule has 152 valence electrons. The van der Waals surface area contributed by atoms with Gasteiger partial charge in [0.15, 0.2) is 10.9 Å². The molecule has 6 nitrogen and oxygen atoms in total. The number of benzene rings is 2. The lowest BCUT2D eigenvalue weighted by Gasteiger charge is -2.08. The second kappa shape index (κ2) is 8.59. The number of amides is 1. The Balaban J connectivity index is 1.50. The van der Waals surface area contributed by atoms with E-state index in [0.29, 0.717) is 23.3 Å². The number of furan rings is 1. The lowest BCUT2D eigenvalue weighted by molar-refractivity contribution is -0.113. The van der Waals surface area contributed by atoms with E-state index in [9.17, 15) is 4.79 Å². The average molecular weight is 419 g/mol. The Bertz CT molecular complexity index is 1190. The van der Waals surface area contributed by atoms with Crippen molar-refractivity contribution in [2.45, 2.75) is 25.5 Å². The van der Waals surface area contributed by atoms with Crippen molar-refractivity contribution in [2.24, 2.45) is 0 Å². The summed E-state index contributed by atoms with van der Waals surface area (Å²) in [5, 5.41) is 13.2. The molecule has 0 bridgehead atoms. The Morgan fingerprint density at radius 1 is 1.17 bits per heavy atom. The van der Waals surface area contributed by atoms with Gasteiger partial charge >= 0.3 is 0 Å². The zero-order valence-corrected chi connectivity index (χ0v) is 17.7. The average Bonchev–Trinajstić information content (AvgIpc) is 3.33. The number of carbonyl (C=O) groups is 1. The summed E-state index contributed by atoms with van der Waals surface area (Å²) in [5.41, 5.74) is 3.92. The maximum absolute atomic E-state index is 12.4. The number of anilines is 1. The normalized spacial score (nSPS) is 11.0. The van der Waals surface area contributed by atoms with Crippen molar-refractivity contribution in [1.29, 1.82) is 0 Å². The molecule has 1 amide bonds. The molecule has 4 rings (SSSR count). The first-order chi connectivity index (χ1) is 14.5. The van der Waals surface area contributed by atoms with Crippen LogP contribution in [0.4, 0.5) is 5.69 Å². The van der Waals surface area contributed by atoms with Gasteiger partial charge in [-0.05, 0) is 49.2 Å². The summed E-state index contributed by atoms with van der Waals surface area (Å²) in [5.74, 6) is 1.38. The van der Waals surface area contributed by atoms with Crippen LogP contribution < -0.4 is 5.32 Å².